The van der Waals surface area contributed by atoms with Gasteiger partial charge in [0.25, 0.3) is 0 Å². The molecule has 0 bridgehead atoms. The Morgan fingerprint density at radius 1 is 1.27 bits per heavy atom. The van der Waals surface area contributed by atoms with Gasteiger partial charge in [0.15, 0.2) is 9.84 Å². The molecule has 2 saturated heterocycles. The third-order valence-corrected chi connectivity index (χ3v) is 6.89. The molecule has 1 amide bonds. The molecule has 2 aliphatic heterocycles. The number of sulfone groups is 1. The predicted octanol–water partition coefficient (Wildman–Crippen LogP) is 1.29. The van der Waals surface area contributed by atoms with Crippen LogP contribution in [0.4, 0.5) is 0 Å². The van der Waals surface area contributed by atoms with Crippen molar-refractivity contribution in [3.63, 3.8) is 0 Å². The van der Waals surface area contributed by atoms with Crippen LogP contribution in [0.5, 0.6) is 0 Å². The molecule has 0 saturated carbocycles. The second-order valence-electron chi connectivity index (χ2n) is 7.44. The van der Waals surface area contributed by atoms with Crippen LogP contribution in [0, 0.1) is 0 Å². The average molecular weight is 378 g/mol. The molecule has 0 aliphatic carbocycles. The number of hydrogen-bond acceptors (Lipinski definition) is 5. The van der Waals surface area contributed by atoms with Gasteiger partial charge in [-0.25, -0.2) is 8.42 Å². The van der Waals surface area contributed by atoms with Crippen LogP contribution >= 0.6 is 0 Å². The maximum atomic E-state index is 12.8. The minimum atomic E-state index is -3.10. The maximum absolute atomic E-state index is 12.8. The largest absolute Gasteiger partial charge is 0.336 e. The highest BCUT2D eigenvalue weighted by molar-refractivity contribution is 7.91. The average Bonchev–Trinajstić information content (AvgIpc) is 2.93. The van der Waals surface area contributed by atoms with Gasteiger partial charge in [-0.2, -0.15) is 0 Å². The van der Waals surface area contributed by atoms with E-state index in [0.717, 1.165) is 18.7 Å². The molecule has 142 valence electrons. The number of amides is 1. The minimum Gasteiger partial charge on any atom is -0.336 e. The summed E-state index contributed by atoms with van der Waals surface area (Å²) >= 11 is 0. The van der Waals surface area contributed by atoms with E-state index in [4.69, 9.17) is 0 Å². The van der Waals surface area contributed by atoms with E-state index in [1.165, 1.54) is 5.57 Å². The summed E-state index contributed by atoms with van der Waals surface area (Å²) in [6.07, 6.45) is 6.64. The first-order valence-corrected chi connectivity index (χ1v) is 10.9. The summed E-state index contributed by atoms with van der Waals surface area (Å²) in [7, 11) is -3.10. The summed E-state index contributed by atoms with van der Waals surface area (Å²) < 4.78 is 24.5. The Bertz CT molecular complexity index is 772. The van der Waals surface area contributed by atoms with Crippen molar-refractivity contribution >= 4 is 15.7 Å². The van der Waals surface area contributed by atoms with Crippen LogP contribution in [0.3, 0.4) is 0 Å². The number of allylic oxidation sites excluding steroid dienone is 1. The van der Waals surface area contributed by atoms with Crippen molar-refractivity contribution in [1.29, 1.82) is 0 Å². The number of nitrogens with zero attached hydrogens (tertiary/aromatic N) is 3. The molecule has 1 aromatic heterocycles. The fourth-order valence-electron chi connectivity index (χ4n) is 3.80. The standard InChI is InChI=1S/C19H27N3O3S/c1-15(2)7-9-21-10-11-22(18-14-26(24,25)13-17(18)21)19(23)6-5-16-4-3-8-20-12-16/h3-4,7-8,12,17-18H,5-6,9-11,13-14H2,1-2H3/t17-,18+/m0/s1. The number of aryl methyl sites for hydroxylation is 1. The number of fused-ring (bicyclic) bond motifs is 1. The molecule has 2 atom stereocenters. The number of aromatic nitrogens is 1. The van der Waals surface area contributed by atoms with Crippen molar-refractivity contribution in [2.24, 2.45) is 0 Å². The van der Waals surface area contributed by atoms with Crippen molar-refractivity contribution in [3.8, 4) is 0 Å². The Kier molecular flexibility index (Phi) is 5.77. The second-order valence-corrected chi connectivity index (χ2v) is 9.59. The summed E-state index contributed by atoms with van der Waals surface area (Å²) in [4.78, 5) is 20.9. The normalized spacial score (nSPS) is 24.9. The topological polar surface area (TPSA) is 70.6 Å². The zero-order valence-electron chi connectivity index (χ0n) is 15.5. The van der Waals surface area contributed by atoms with Crippen LogP contribution in [0.15, 0.2) is 36.2 Å². The van der Waals surface area contributed by atoms with Crippen LogP contribution < -0.4 is 0 Å². The Morgan fingerprint density at radius 2 is 2.04 bits per heavy atom. The van der Waals surface area contributed by atoms with Gasteiger partial charge in [0.05, 0.1) is 17.5 Å². The van der Waals surface area contributed by atoms with Gasteiger partial charge in [-0.05, 0) is 31.9 Å². The van der Waals surface area contributed by atoms with E-state index in [-0.39, 0.29) is 29.5 Å². The molecule has 26 heavy (non-hydrogen) atoms. The predicted molar refractivity (Wildman–Crippen MR) is 102 cm³/mol. The van der Waals surface area contributed by atoms with Gasteiger partial charge < -0.3 is 4.90 Å². The monoisotopic (exact) mass is 377 g/mol. The molecule has 6 nitrogen and oxygen atoms in total. The van der Waals surface area contributed by atoms with Crippen LogP contribution in [0.1, 0.15) is 25.8 Å². The van der Waals surface area contributed by atoms with E-state index in [0.29, 0.717) is 19.4 Å². The van der Waals surface area contributed by atoms with Gasteiger partial charge in [-0.3, -0.25) is 14.7 Å². The molecule has 0 radical (unpaired) electrons. The number of hydrogen-bond donors (Lipinski definition) is 0. The lowest BCUT2D eigenvalue weighted by Gasteiger charge is -2.43. The quantitative estimate of drug-likeness (QED) is 0.723. The van der Waals surface area contributed by atoms with Gasteiger partial charge in [-0.15, -0.1) is 0 Å². The molecular weight excluding hydrogens is 350 g/mol. The highest BCUT2D eigenvalue weighted by Crippen LogP contribution is 2.27. The molecule has 7 heteroatoms. The Labute approximate surface area is 155 Å². The van der Waals surface area contributed by atoms with Gasteiger partial charge in [0.1, 0.15) is 0 Å². The smallest absolute Gasteiger partial charge is 0.223 e. The summed E-state index contributed by atoms with van der Waals surface area (Å²) in [6.45, 7) is 6.15. The van der Waals surface area contributed by atoms with Gasteiger partial charge in [-0.1, -0.05) is 17.7 Å². The zero-order chi connectivity index (χ0) is 18.7. The highest BCUT2D eigenvalue weighted by atomic mass is 32.2. The van der Waals surface area contributed by atoms with E-state index in [2.05, 4.69) is 16.0 Å². The number of rotatable bonds is 5. The summed E-state index contributed by atoms with van der Waals surface area (Å²) in [5.41, 5.74) is 2.25. The number of pyridine rings is 1. The van der Waals surface area contributed by atoms with E-state index in [1.54, 1.807) is 12.4 Å². The first-order valence-electron chi connectivity index (χ1n) is 9.12. The maximum Gasteiger partial charge on any atom is 0.223 e. The number of carbonyl (C=O) groups excluding carboxylic acids is 1. The summed E-state index contributed by atoms with van der Waals surface area (Å²) in [5.74, 6) is 0.283. The molecule has 2 fully saturated rings. The molecule has 0 N–H and O–H groups in total. The van der Waals surface area contributed by atoms with Gasteiger partial charge >= 0.3 is 0 Å². The molecule has 1 aromatic rings. The molecule has 3 heterocycles. The fraction of sp³-hybridized carbons (Fsp3) is 0.579. The van der Waals surface area contributed by atoms with Crippen molar-refractivity contribution in [1.82, 2.24) is 14.8 Å². The van der Waals surface area contributed by atoms with Crippen LogP contribution in [-0.4, -0.2) is 72.3 Å². The summed E-state index contributed by atoms with van der Waals surface area (Å²) in [5, 5.41) is 0. The number of piperazine rings is 1. The van der Waals surface area contributed by atoms with Gasteiger partial charge in [0, 0.05) is 44.5 Å². The van der Waals surface area contributed by atoms with Crippen LogP contribution in [-0.2, 0) is 21.1 Å². The van der Waals surface area contributed by atoms with Crippen molar-refractivity contribution in [2.45, 2.75) is 38.8 Å². The molecule has 3 rings (SSSR count). The van der Waals surface area contributed by atoms with E-state index in [9.17, 15) is 13.2 Å². The Balaban J connectivity index is 1.69. The van der Waals surface area contributed by atoms with Gasteiger partial charge in [0.2, 0.25) is 5.91 Å². The Morgan fingerprint density at radius 3 is 2.73 bits per heavy atom. The van der Waals surface area contributed by atoms with E-state index in [1.807, 2.05) is 30.9 Å². The second kappa shape index (κ2) is 7.88. The molecular formula is C19H27N3O3S. The summed E-state index contributed by atoms with van der Waals surface area (Å²) in [6, 6.07) is 3.51. The van der Waals surface area contributed by atoms with Crippen LogP contribution in [0.25, 0.3) is 0 Å². The lowest BCUT2D eigenvalue weighted by Crippen LogP contribution is -2.60. The van der Waals surface area contributed by atoms with Crippen LogP contribution in [0.2, 0.25) is 0 Å². The van der Waals surface area contributed by atoms with E-state index < -0.39 is 9.84 Å². The van der Waals surface area contributed by atoms with E-state index >= 15 is 0 Å². The van der Waals surface area contributed by atoms with Crippen molar-refractivity contribution in [3.05, 3.63) is 41.7 Å². The highest BCUT2D eigenvalue weighted by Gasteiger charge is 2.47. The lowest BCUT2D eigenvalue weighted by atomic mass is 10.0. The zero-order valence-corrected chi connectivity index (χ0v) is 16.3. The first kappa shape index (κ1) is 19.0. The SMILES string of the molecule is CC(C)=CCN1CCN(C(=O)CCc2cccnc2)[C@@H]2CS(=O)(=O)C[C@@H]21. The van der Waals surface area contributed by atoms with Crippen molar-refractivity contribution in [2.75, 3.05) is 31.1 Å². The molecule has 0 unspecified atom stereocenters. The third-order valence-electron chi connectivity index (χ3n) is 5.20. The third kappa shape index (κ3) is 4.51. The molecule has 0 spiro atoms. The Hall–Kier alpha value is -1.73. The fourth-order valence-corrected chi connectivity index (χ4v) is 5.81. The molecule has 0 aromatic carbocycles. The minimum absolute atomic E-state index is 0.0443. The van der Waals surface area contributed by atoms with Crippen molar-refractivity contribution < 1.29 is 13.2 Å². The lowest BCUT2D eigenvalue weighted by molar-refractivity contribution is -0.136. The molecule has 2 aliphatic rings. The first-order chi connectivity index (χ1) is 12.4. The number of carbonyl (C=O) groups is 1.